The predicted octanol–water partition coefficient (Wildman–Crippen LogP) is 0.877. The van der Waals surface area contributed by atoms with Crippen LogP contribution in [-0.2, 0) is 30.4 Å². The van der Waals surface area contributed by atoms with E-state index in [1.807, 2.05) is 0 Å². The van der Waals surface area contributed by atoms with Gasteiger partial charge in [-0.2, -0.15) is 4.39 Å². The average molecular weight is 551 g/mol. The van der Waals surface area contributed by atoms with Gasteiger partial charge in [-0.05, 0) is 25.0 Å². The highest BCUT2D eigenvalue weighted by Gasteiger charge is 2.52. The highest BCUT2D eigenvalue weighted by atomic mass is 32.1. The summed E-state index contributed by atoms with van der Waals surface area (Å²) in [6, 6.07) is 3.83. The Kier molecular flexibility index (Phi) is 10.5. The summed E-state index contributed by atoms with van der Waals surface area (Å²) in [6.07, 6.45) is 3.23. The normalized spacial score (nSPS) is 17.5. The van der Waals surface area contributed by atoms with Gasteiger partial charge in [0.2, 0.25) is 24.2 Å². The summed E-state index contributed by atoms with van der Waals surface area (Å²) >= 11 is 1.40. The molecule has 0 aliphatic carbocycles. The molecule has 4 heterocycles. The number of aromatic nitrogens is 1. The summed E-state index contributed by atoms with van der Waals surface area (Å²) in [7, 11) is 0. The van der Waals surface area contributed by atoms with E-state index in [0.717, 1.165) is 4.88 Å². The Bertz CT molecular complexity index is 1130. The first-order valence-electron chi connectivity index (χ1n) is 11.9. The molecule has 2 saturated heterocycles. The molecule has 2 fully saturated rings. The Morgan fingerprint density at radius 3 is 2.74 bits per heavy atom. The van der Waals surface area contributed by atoms with E-state index in [1.165, 1.54) is 28.5 Å². The van der Waals surface area contributed by atoms with Gasteiger partial charge < -0.3 is 35.9 Å². The van der Waals surface area contributed by atoms with Crippen LogP contribution >= 0.6 is 11.3 Å². The van der Waals surface area contributed by atoms with E-state index in [-0.39, 0.29) is 50.0 Å². The molecule has 1 atom stereocenters. The van der Waals surface area contributed by atoms with Crippen molar-refractivity contribution < 1.29 is 33.0 Å². The molecule has 6 N–H and O–H groups in total. The maximum Gasteiger partial charge on any atom is 0.243 e. The summed E-state index contributed by atoms with van der Waals surface area (Å²) < 4.78 is 30.2. The van der Waals surface area contributed by atoms with E-state index in [2.05, 4.69) is 16.0 Å². The van der Waals surface area contributed by atoms with Gasteiger partial charge in [-0.15, -0.1) is 11.3 Å². The largest absolute Gasteiger partial charge is 0.493 e. The van der Waals surface area contributed by atoms with Gasteiger partial charge in [0.15, 0.2) is 5.79 Å². The van der Waals surface area contributed by atoms with Crippen LogP contribution in [0.1, 0.15) is 36.1 Å². The maximum atomic E-state index is 13.1. The van der Waals surface area contributed by atoms with Crippen LogP contribution in [0, 0.1) is 11.4 Å². The summed E-state index contributed by atoms with van der Waals surface area (Å²) in [5, 5.41) is 12.1. The van der Waals surface area contributed by atoms with Crippen molar-refractivity contribution in [2.45, 2.75) is 44.1 Å². The molecule has 2 aliphatic heterocycles. The number of halogens is 1. The molecule has 12 nitrogen and oxygen atoms in total. The Hall–Kier alpha value is -3.62. The molecule has 1 unspecified atom stereocenters. The standard InChI is InChI=1S/C23H28FN5O5S.CH3NO/c24-19-10-16(4-5-27-19)32-6-2-1-3-20(30)29-14-23(33-7-8-34-23)11-18(29)22(31)28-12-17-9-15(13-35-17)21(25)26;2-1-3/h4-5,9-10,13,18H,1-3,6-8,11-12,14H2,(H3,25,26)(H,28,31);1H,(H2,2,3). The number of nitrogen functional groups attached to an aromatic ring is 1. The van der Waals surface area contributed by atoms with E-state index < -0.39 is 17.8 Å². The van der Waals surface area contributed by atoms with Crippen LogP contribution in [0.15, 0.2) is 29.8 Å². The van der Waals surface area contributed by atoms with Gasteiger partial charge in [0, 0.05) is 40.9 Å². The highest BCUT2D eigenvalue weighted by molar-refractivity contribution is 7.10. The Balaban J connectivity index is 0.00000127. The van der Waals surface area contributed by atoms with Crippen LogP contribution < -0.4 is 21.5 Å². The number of nitrogens with zero attached hydrogens (tertiary/aromatic N) is 2. The zero-order chi connectivity index (χ0) is 27.5. The summed E-state index contributed by atoms with van der Waals surface area (Å²) in [5.41, 5.74) is 10.3. The number of nitrogens with two attached hydrogens (primary N) is 2. The third kappa shape index (κ3) is 7.94. The SMILES string of the molecule is N=C(N)c1csc(CNC(=O)C2CC3(CN2C(=O)CCCCOc2ccnc(F)c2)OCCO3)c1.NC=O. The average Bonchev–Trinajstić information content (AvgIpc) is 3.64. The number of likely N-dealkylation sites (tertiary alicyclic amines) is 1. The lowest BCUT2D eigenvalue weighted by Crippen LogP contribution is -2.45. The number of ether oxygens (including phenoxy) is 3. The highest BCUT2D eigenvalue weighted by Crippen LogP contribution is 2.35. The summed E-state index contributed by atoms with van der Waals surface area (Å²) in [5.74, 6) is -1.64. The smallest absolute Gasteiger partial charge is 0.243 e. The second-order valence-electron chi connectivity index (χ2n) is 8.54. The van der Waals surface area contributed by atoms with Crippen molar-refractivity contribution in [2.24, 2.45) is 11.5 Å². The molecule has 2 aliphatic rings. The van der Waals surface area contributed by atoms with Crippen LogP contribution in [0.25, 0.3) is 0 Å². The van der Waals surface area contributed by atoms with Crippen molar-refractivity contribution in [1.29, 1.82) is 5.41 Å². The fourth-order valence-corrected chi connectivity index (χ4v) is 4.96. The van der Waals surface area contributed by atoms with E-state index >= 15 is 0 Å². The number of nitrogens with one attached hydrogen (secondary N) is 2. The maximum absolute atomic E-state index is 13.1. The number of carbonyl (C=O) groups excluding carboxylic acids is 3. The van der Waals surface area contributed by atoms with Crippen molar-refractivity contribution in [3.8, 4) is 5.75 Å². The minimum Gasteiger partial charge on any atom is -0.493 e. The van der Waals surface area contributed by atoms with E-state index in [1.54, 1.807) is 17.5 Å². The van der Waals surface area contributed by atoms with Crippen molar-refractivity contribution in [2.75, 3.05) is 26.4 Å². The molecular formula is C24H31FN6O6S. The minimum absolute atomic E-state index is 0.0257. The molecule has 2 aromatic rings. The van der Waals surface area contributed by atoms with Crippen molar-refractivity contribution in [1.82, 2.24) is 15.2 Å². The molecule has 0 bridgehead atoms. The molecule has 38 heavy (non-hydrogen) atoms. The van der Waals surface area contributed by atoms with E-state index in [9.17, 15) is 14.0 Å². The van der Waals surface area contributed by atoms with Gasteiger partial charge in [-0.3, -0.25) is 19.8 Å². The fraction of sp³-hybridized carbons (Fsp3) is 0.458. The molecule has 0 aromatic carbocycles. The van der Waals surface area contributed by atoms with Gasteiger partial charge >= 0.3 is 0 Å². The van der Waals surface area contributed by atoms with Crippen LogP contribution in [-0.4, -0.2) is 72.1 Å². The van der Waals surface area contributed by atoms with Crippen LogP contribution in [0.4, 0.5) is 4.39 Å². The number of hydrogen-bond acceptors (Lipinski definition) is 9. The Morgan fingerprint density at radius 1 is 1.34 bits per heavy atom. The van der Waals surface area contributed by atoms with Gasteiger partial charge in [0.05, 0.1) is 32.9 Å². The predicted molar refractivity (Wildman–Crippen MR) is 136 cm³/mol. The van der Waals surface area contributed by atoms with Crippen molar-refractivity contribution in [3.63, 3.8) is 0 Å². The number of rotatable bonds is 10. The second-order valence-corrected chi connectivity index (χ2v) is 9.53. The summed E-state index contributed by atoms with van der Waals surface area (Å²) in [4.78, 5) is 40.5. The molecule has 4 rings (SSSR count). The van der Waals surface area contributed by atoms with E-state index in [4.69, 9.17) is 30.1 Å². The molecule has 2 aromatic heterocycles. The first-order valence-corrected chi connectivity index (χ1v) is 12.8. The molecule has 0 saturated carbocycles. The lowest BCUT2D eigenvalue weighted by Gasteiger charge is -2.24. The lowest BCUT2D eigenvalue weighted by atomic mass is 10.1. The molecule has 3 amide bonds. The number of hydrogen-bond donors (Lipinski definition) is 4. The zero-order valence-corrected chi connectivity index (χ0v) is 21.5. The number of unbranched alkanes of at least 4 members (excludes halogenated alkanes) is 1. The van der Waals surface area contributed by atoms with Crippen LogP contribution in [0.3, 0.4) is 0 Å². The van der Waals surface area contributed by atoms with Gasteiger partial charge in [-0.25, -0.2) is 4.98 Å². The van der Waals surface area contributed by atoms with Crippen molar-refractivity contribution >= 4 is 35.4 Å². The molecule has 0 radical (unpaired) electrons. The third-order valence-corrected chi connectivity index (χ3v) is 6.82. The lowest BCUT2D eigenvalue weighted by molar-refractivity contribution is -0.152. The molecule has 1 spiro atoms. The number of pyridine rings is 1. The minimum atomic E-state index is -0.947. The van der Waals surface area contributed by atoms with Gasteiger partial charge in [-0.1, -0.05) is 0 Å². The quantitative estimate of drug-likeness (QED) is 0.110. The number of carbonyl (C=O) groups is 3. The zero-order valence-electron chi connectivity index (χ0n) is 20.7. The molecule has 206 valence electrons. The van der Waals surface area contributed by atoms with Crippen molar-refractivity contribution in [3.05, 3.63) is 46.2 Å². The number of thiophene rings is 1. The Labute approximate surface area is 222 Å². The second kappa shape index (κ2) is 13.8. The first kappa shape index (κ1) is 28.9. The molecule has 14 heteroatoms. The fourth-order valence-electron chi connectivity index (χ4n) is 4.13. The van der Waals surface area contributed by atoms with Crippen LogP contribution in [0.2, 0.25) is 0 Å². The number of primary amides is 1. The number of amides is 3. The van der Waals surface area contributed by atoms with Gasteiger partial charge in [0.1, 0.15) is 17.6 Å². The van der Waals surface area contributed by atoms with Gasteiger partial charge in [0.25, 0.3) is 0 Å². The Morgan fingerprint density at radius 2 is 2.08 bits per heavy atom. The van der Waals surface area contributed by atoms with Crippen LogP contribution in [0.5, 0.6) is 5.75 Å². The topological polar surface area (TPSA) is 183 Å². The molecular weight excluding hydrogens is 519 g/mol. The first-order chi connectivity index (χ1) is 18.3. The van der Waals surface area contributed by atoms with E-state index in [0.29, 0.717) is 44.0 Å². The third-order valence-electron chi connectivity index (χ3n) is 5.88. The number of amidine groups is 1. The monoisotopic (exact) mass is 550 g/mol. The summed E-state index contributed by atoms with van der Waals surface area (Å²) in [6.45, 7) is 1.65.